The standard InChI is InChI=1S/C28H22F3N3O3S/c1-17(2)37-27(36)23-10-11-38-26(23)33-25(35)19(14-32)13-20-16-34(24-9-4-3-8-22(20)24)15-18-6-5-7-21(12-18)28(29,30)31/h3-13,16-17H,15H2,1-2H3,(H,33,35). The van der Waals surface area contributed by atoms with E-state index in [2.05, 4.69) is 5.32 Å². The second-order valence-corrected chi connectivity index (χ2v) is 9.59. The van der Waals surface area contributed by atoms with Gasteiger partial charge in [0, 0.05) is 29.2 Å². The molecule has 0 unspecified atom stereocenters. The van der Waals surface area contributed by atoms with Crippen molar-refractivity contribution in [2.45, 2.75) is 32.7 Å². The van der Waals surface area contributed by atoms with Crippen LogP contribution in [-0.4, -0.2) is 22.5 Å². The number of aromatic nitrogens is 1. The van der Waals surface area contributed by atoms with Crippen molar-refractivity contribution < 1.29 is 27.5 Å². The van der Waals surface area contributed by atoms with Crippen LogP contribution in [0, 0.1) is 11.3 Å². The van der Waals surface area contributed by atoms with Crippen LogP contribution in [0.25, 0.3) is 17.0 Å². The largest absolute Gasteiger partial charge is 0.459 e. The van der Waals surface area contributed by atoms with Crippen molar-refractivity contribution in [1.29, 1.82) is 5.26 Å². The van der Waals surface area contributed by atoms with Crippen molar-refractivity contribution in [3.63, 3.8) is 0 Å². The Hall–Kier alpha value is -4.36. The number of rotatable bonds is 7. The fourth-order valence-corrected chi connectivity index (χ4v) is 4.65. The van der Waals surface area contributed by atoms with Crippen LogP contribution < -0.4 is 5.32 Å². The number of halogens is 3. The Balaban J connectivity index is 1.64. The third-order valence-electron chi connectivity index (χ3n) is 5.55. The number of para-hydroxylation sites is 1. The highest BCUT2D eigenvalue weighted by Crippen LogP contribution is 2.31. The number of thiophene rings is 1. The maximum absolute atomic E-state index is 13.2. The molecule has 0 aliphatic rings. The number of carbonyl (C=O) groups is 2. The summed E-state index contributed by atoms with van der Waals surface area (Å²) in [6, 6.07) is 15.7. The Morgan fingerprint density at radius 1 is 1.16 bits per heavy atom. The minimum Gasteiger partial charge on any atom is -0.459 e. The molecule has 0 atom stereocenters. The van der Waals surface area contributed by atoms with Crippen molar-refractivity contribution in [3.8, 4) is 6.07 Å². The van der Waals surface area contributed by atoms with E-state index in [9.17, 15) is 28.0 Å². The first-order chi connectivity index (χ1) is 18.1. The number of amides is 1. The topological polar surface area (TPSA) is 84.1 Å². The Kier molecular flexibility index (Phi) is 7.69. The van der Waals surface area contributed by atoms with Crippen molar-refractivity contribution in [2.75, 3.05) is 5.32 Å². The third-order valence-corrected chi connectivity index (χ3v) is 6.38. The molecule has 0 radical (unpaired) electrons. The van der Waals surface area contributed by atoms with E-state index in [1.54, 1.807) is 54.3 Å². The Labute approximate surface area is 220 Å². The van der Waals surface area contributed by atoms with Crippen molar-refractivity contribution in [1.82, 2.24) is 4.57 Å². The van der Waals surface area contributed by atoms with E-state index in [4.69, 9.17) is 4.74 Å². The van der Waals surface area contributed by atoms with Crippen LogP contribution in [0.5, 0.6) is 0 Å². The first kappa shape index (κ1) is 26.7. The lowest BCUT2D eigenvalue weighted by molar-refractivity contribution is -0.137. The van der Waals surface area contributed by atoms with Gasteiger partial charge in [0.1, 0.15) is 16.6 Å². The number of nitriles is 1. The smallest absolute Gasteiger partial charge is 0.416 e. The maximum Gasteiger partial charge on any atom is 0.416 e. The number of alkyl halides is 3. The molecule has 2 heterocycles. The molecular formula is C28H22F3N3O3S. The number of benzene rings is 2. The molecule has 0 spiro atoms. The van der Waals surface area contributed by atoms with E-state index >= 15 is 0 Å². The molecule has 4 aromatic rings. The molecule has 10 heteroatoms. The summed E-state index contributed by atoms with van der Waals surface area (Å²) in [4.78, 5) is 25.3. The summed E-state index contributed by atoms with van der Waals surface area (Å²) >= 11 is 1.12. The van der Waals surface area contributed by atoms with Crippen LogP contribution >= 0.6 is 11.3 Å². The number of hydrogen-bond acceptors (Lipinski definition) is 5. The molecule has 2 aromatic heterocycles. The van der Waals surface area contributed by atoms with Gasteiger partial charge in [-0.25, -0.2) is 4.79 Å². The third kappa shape index (κ3) is 5.95. The lowest BCUT2D eigenvalue weighted by atomic mass is 10.1. The average molecular weight is 538 g/mol. The van der Waals surface area contributed by atoms with Gasteiger partial charge in [-0.2, -0.15) is 18.4 Å². The van der Waals surface area contributed by atoms with Gasteiger partial charge in [0.05, 0.1) is 17.2 Å². The van der Waals surface area contributed by atoms with Gasteiger partial charge in [0.25, 0.3) is 5.91 Å². The van der Waals surface area contributed by atoms with E-state index < -0.39 is 23.6 Å². The predicted octanol–water partition coefficient (Wildman–Crippen LogP) is 6.88. The van der Waals surface area contributed by atoms with Gasteiger partial charge >= 0.3 is 12.1 Å². The second kappa shape index (κ2) is 10.9. The molecule has 0 aliphatic heterocycles. The molecule has 6 nitrogen and oxygen atoms in total. The molecule has 0 aliphatic carbocycles. The summed E-state index contributed by atoms with van der Waals surface area (Å²) in [7, 11) is 0. The van der Waals surface area contributed by atoms with Gasteiger partial charge in [-0.3, -0.25) is 4.79 Å². The number of esters is 1. The van der Waals surface area contributed by atoms with Crippen LogP contribution in [-0.2, 0) is 22.3 Å². The second-order valence-electron chi connectivity index (χ2n) is 8.67. The monoisotopic (exact) mass is 537 g/mol. The molecule has 2 aromatic carbocycles. The molecular weight excluding hydrogens is 515 g/mol. The van der Waals surface area contributed by atoms with Crippen LogP contribution in [0.2, 0.25) is 0 Å². The predicted molar refractivity (Wildman–Crippen MR) is 140 cm³/mol. The normalized spacial score (nSPS) is 12.0. The lowest BCUT2D eigenvalue weighted by Gasteiger charge is -2.10. The van der Waals surface area contributed by atoms with Crippen LogP contribution in [0.15, 0.2) is 71.7 Å². The fraction of sp³-hybridized carbons (Fsp3) is 0.179. The number of carbonyl (C=O) groups excluding carboxylic acids is 2. The van der Waals surface area contributed by atoms with Gasteiger partial charge in [0.2, 0.25) is 0 Å². The van der Waals surface area contributed by atoms with E-state index in [1.807, 2.05) is 12.1 Å². The Bertz CT molecular complexity index is 1580. The van der Waals surface area contributed by atoms with E-state index in [-0.39, 0.29) is 28.8 Å². The number of fused-ring (bicyclic) bond motifs is 1. The number of anilines is 1. The van der Waals surface area contributed by atoms with Gasteiger partial charge < -0.3 is 14.6 Å². The molecule has 4 rings (SSSR count). The average Bonchev–Trinajstić information content (AvgIpc) is 3.46. The first-order valence-corrected chi connectivity index (χ1v) is 12.4. The van der Waals surface area contributed by atoms with Crippen molar-refractivity contribution >= 4 is 45.2 Å². The quantitative estimate of drug-likeness (QED) is 0.158. The molecule has 38 heavy (non-hydrogen) atoms. The molecule has 0 saturated heterocycles. The SMILES string of the molecule is CC(C)OC(=O)c1ccsc1NC(=O)C(C#N)=Cc1cn(Cc2cccc(C(F)(F)F)c2)c2ccccc12. The summed E-state index contributed by atoms with van der Waals surface area (Å²) in [5.41, 5.74) is 0.972. The summed E-state index contributed by atoms with van der Waals surface area (Å²) in [5.74, 6) is -1.29. The minimum atomic E-state index is -4.45. The highest BCUT2D eigenvalue weighted by Gasteiger charge is 2.30. The van der Waals surface area contributed by atoms with Gasteiger partial charge in [-0.15, -0.1) is 11.3 Å². The molecule has 194 valence electrons. The zero-order chi connectivity index (χ0) is 27.4. The highest BCUT2D eigenvalue weighted by atomic mass is 32.1. The van der Waals surface area contributed by atoms with Crippen LogP contribution in [0.1, 0.15) is 40.9 Å². The van der Waals surface area contributed by atoms with Crippen LogP contribution in [0.4, 0.5) is 18.2 Å². The fourth-order valence-electron chi connectivity index (χ4n) is 3.88. The molecule has 0 saturated carbocycles. The zero-order valence-electron chi connectivity index (χ0n) is 20.4. The summed E-state index contributed by atoms with van der Waals surface area (Å²) in [6.45, 7) is 3.58. The molecule has 1 amide bonds. The number of ether oxygens (including phenoxy) is 1. The minimum absolute atomic E-state index is 0.156. The molecule has 0 fully saturated rings. The van der Waals surface area contributed by atoms with Crippen molar-refractivity contribution in [3.05, 3.63) is 94.0 Å². The number of nitrogens with one attached hydrogen (secondary N) is 1. The molecule has 0 bridgehead atoms. The summed E-state index contributed by atoms with van der Waals surface area (Å²) in [5, 5.41) is 14.9. The number of hydrogen-bond donors (Lipinski definition) is 1. The first-order valence-electron chi connectivity index (χ1n) is 11.5. The van der Waals surface area contributed by atoms with E-state index in [0.29, 0.717) is 11.1 Å². The van der Waals surface area contributed by atoms with Crippen LogP contribution in [0.3, 0.4) is 0 Å². The summed E-state index contributed by atoms with van der Waals surface area (Å²) < 4.78 is 46.5. The lowest BCUT2D eigenvalue weighted by Crippen LogP contribution is -2.17. The number of nitrogens with zero attached hydrogens (tertiary/aromatic N) is 2. The Morgan fingerprint density at radius 3 is 2.63 bits per heavy atom. The highest BCUT2D eigenvalue weighted by molar-refractivity contribution is 7.14. The zero-order valence-corrected chi connectivity index (χ0v) is 21.2. The van der Waals surface area contributed by atoms with Gasteiger partial charge in [-0.1, -0.05) is 30.3 Å². The van der Waals surface area contributed by atoms with Gasteiger partial charge in [0.15, 0.2) is 0 Å². The van der Waals surface area contributed by atoms with Gasteiger partial charge in [-0.05, 0) is 55.1 Å². The van der Waals surface area contributed by atoms with E-state index in [0.717, 1.165) is 34.4 Å². The maximum atomic E-state index is 13.2. The summed E-state index contributed by atoms with van der Waals surface area (Å²) in [6.07, 6.45) is -1.69. The Morgan fingerprint density at radius 2 is 1.92 bits per heavy atom. The van der Waals surface area contributed by atoms with Crippen molar-refractivity contribution in [2.24, 2.45) is 0 Å². The molecule has 1 N–H and O–H groups in total. The van der Waals surface area contributed by atoms with E-state index in [1.165, 1.54) is 18.2 Å².